The highest BCUT2D eigenvalue weighted by Crippen LogP contribution is 2.09. The third-order valence-corrected chi connectivity index (χ3v) is 2.17. The fraction of sp³-hybridized carbons (Fsp3) is 0. The molecule has 6 heteroatoms. The zero-order valence-electron chi connectivity index (χ0n) is 9.20. The van der Waals surface area contributed by atoms with Crippen LogP contribution in [0.2, 0.25) is 0 Å². The lowest BCUT2D eigenvalue weighted by Gasteiger charge is -2.05. The van der Waals surface area contributed by atoms with Gasteiger partial charge in [-0.15, -0.1) is 0 Å². The first-order valence-electron chi connectivity index (χ1n) is 5.08. The molecule has 18 heavy (non-hydrogen) atoms. The Hall–Kier alpha value is -2.76. The fourth-order valence-electron chi connectivity index (χ4n) is 1.39. The summed E-state index contributed by atoms with van der Waals surface area (Å²) in [6, 6.07) is 6.10. The molecule has 90 valence electrons. The Morgan fingerprint density at radius 1 is 1.17 bits per heavy atom. The van der Waals surface area contributed by atoms with Gasteiger partial charge < -0.3 is 10.4 Å². The Bertz CT molecular complexity index is 584. The standard InChI is InChI=1S/C12H9N3O3/c16-11(15-8-3-1-5-13-7-8)10-9(12(17)18)4-2-6-14-10/h1-7H,(H,15,16)(H,17,18). The Labute approximate surface area is 102 Å². The Kier molecular flexibility index (Phi) is 3.29. The van der Waals surface area contributed by atoms with Gasteiger partial charge in [0.1, 0.15) is 5.69 Å². The van der Waals surface area contributed by atoms with Gasteiger partial charge >= 0.3 is 5.97 Å². The first kappa shape index (κ1) is 11.7. The molecule has 2 aromatic rings. The largest absolute Gasteiger partial charge is 0.478 e. The number of aromatic nitrogens is 2. The van der Waals surface area contributed by atoms with Crippen LogP contribution in [0.5, 0.6) is 0 Å². The van der Waals surface area contributed by atoms with Crippen molar-refractivity contribution in [3.63, 3.8) is 0 Å². The highest BCUT2D eigenvalue weighted by atomic mass is 16.4. The molecule has 0 spiro atoms. The Morgan fingerprint density at radius 2 is 1.94 bits per heavy atom. The van der Waals surface area contributed by atoms with Crippen LogP contribution in [0.1, 0.15) is 20.8 Å². The fourth-order valence-corrected chi connectivity index (χ4v) is 1.39. The maximum atomic E-state index is 11.9. The lowest BCUT2D eigenvalue weighted by Crippen LogP contribution is -2.18. The van der Waals surface area contributed by atoms with Gasteiger partial charge in [-0.05, 0) is 24.3 Å². The maximum Gasteiger partial charge on any atom is 0.338 e. The molecule has 2 heterocycles. The van der Waals surface area contributed by atoms with Gasteiger partial charge in [-0.3, -0.25) is 14.8 Å². The van der Waals surface area contributed by atoms with Gasteiger partial charge in [0.15, 0.2) is 0 Å². The highest BCUT2D eigenvalue weighted by molar-refractivity contribution is 6.09. The van der Waals surface area contributed by atoms with Crippen LogP contribution in [-0.2, 0) is 0 Å². The molecule has 2 rings (SSSR count). The first-order valence-corrected chi connectivity index (χ1v) is 5.08. The van der Waals surface area contributed by atoms with Gasteiger partial charge in [0.05, 0.1) is 17.4 Å². The van der Waals surface area contributed by atoms with Gasteiger partial charge in [-0.1, -0.05) is 0 Å². The van der Waals surface area contributed by atoms with Crippen LogP contribution >= 0.6 is 0 Å². The quantitative estimate of drug-likeness (QED) is 0.850. The number of carbonyl (C=O) groups is 2. The summed E-state index contributed by atoms with van der Waals surface area (Å²) in [5, 5.41) is 11.5. The second-order valence-electron chi connectivity index (χ2n) is 3.40. The second kappa shape index (κ2) is 5.05. The topological polar surface area (TPSA) is 92.2 Å². The highest BCUT2D eigenvalue weighted by Gasteiger charge is 2.17. The number of pyridine rings is 2. The maximum absolute atomic E-state index is 11.9. The van der Waals surface area contributed by atoms with E-state index in [1.165, 1.54) is 24.5 Å². The minimum atomic E-state index is -1.19. The molecule has 1 amide bonds. The number of nitrogens with one attached hydrogen (secondary N) is 1. The number of rotatable bonds is 3. The van der Waals surface area contributed by atoms with E-state index in [1.807, 2.05) is 0 Å². The van der Waals surface area contributed by atoms with Crippen molar-refractivity contribution in [3.05, 3.63) is 54.1 Å². The number of nitrogens with zero attached hydrogens (tertiary/aromatic N) is 2. The van der Waals surface area contributed by atoms with Gasteiger partial charge in [-0.2, -0.15) is 0 Å². The number of hydrogen-bond acceptors (Lipinski definition) is 4. The molecule has 2 aromatic heterocycles. The Balaban J connectivity index is 2.27. The number of anilines is 1. The number of carbonyl (C=O) groups excluding carboxylic acids is 1. The van der Waals surface area contributed by atoms with E-state index < -0.39 is 11.9 Å². The molecule has 0 fully saturated rings. The van der Waals surface area contributed by atoms with Crippen LogP contribution in [0.15, 0.2) is 42.9 Å². The summed E-state index contributed by atoms with van der Waals surface area (Å²) in [5.74, 6) is -1.78. The molecule has 0 aliphatic heterocycles. The van der Waals surface area contributed by atoms with Crippen LogP contribution in [0.4, 0.5) is 5.69 Å². The normalized spacial score (nSPS) is 9.78. The SMILES string of the molecule is O=C(O)c1cccnc1C(=O)Nc1cccnc1. The van der Waals surface area contributed by atoms with Crippen molar-refractivity contribution >= 4 is 17.6 Å². The summed E-state index contributed by atoms with van der Waals surface area (Å²) in [6.45, 7) is 0. The number of amides is 1. The predicted molar refractivity (Wildman–Crippen MR) is 63.4 cm³/mol. The molecule has 2 N–H and O–H groups in total. The van der Waals surface area contributed by atoms with Crippen molar-refractivity contribution in [1.29, 1.82) is 0 Å². The van der Waals surface area contributed by atoms with Gasteiger partial charge in [0.25, 0.3) is 5.91 Å². The van der Waals surface area contributed by atoms with E-state index >= 15 is 0 Å². The first-order chi connectivity index (χ1) is 8.68. The van der Waals surface area contributed by atoms with Crippen LogP contribution in [-0.4, -0.2) is 27.0 Å². The molecule has 0 atom stereocenters. The summed E-state index contributed by atoms with van der Waals surface area (Å²) >= 11 is 0. The summed E-state index contributed by atoms with van der Waals surface area (Å²) in [4.78, 5) is 30.4. The van der Waals surface area contributed by atoms with Gasteiger partial charge in [0, 0.05) is 12.4 Å². The molecule has 6 nitrogen and oxygen atoms in total. The summed E-state index contributed by atoms with van der Waals surface area (Å²) in [6.07, 6.45) is 4.39. The zero-order valence-corrected chi connectivity index (χ0v) is 9.20. The van der Waals surface area contributed by atoms with E-state index in [0.717, 1.165) is 0 Å². The van der Waals surface area contributed by atoms with Crippen molar-refractivity contribution in [3.8, 4) is 0 Å². The van der Waals surface area contributed by atoms with E-state index in [4.69, 9.17) is 5.11 Å². The second-order valence-corrected chi connectivity index (χ2v) is 3.40. The minimum absolute atomic E-state index is 0.131. The summed E-state index contributed by atoms with van der Waals surface area (Å²) < 4.78 is 0. The van der Waals surface area contributed by atoms with Crippen molar-refractivity contribution in [2.45, 2.75) is 0 Å². The van der Waals surface area contributed by atoms with Crippen molar-refractivity contribution < 1.29 is 14.7 Å². The molecular weight excluding hydrogens is 234 g/mol. The van der Waals surface area contributed by atoms with Gasteiger partial charge in [0.2, 0.25) is 0 Å². The molecule has 0 saturated heterocycles. The van der Waals surface area contributed by atoms with E-state index in [1.54, 1.807) is 18.3 Å². The number of hydrogen-bond donors (Lipinski definition) is 2. The molecule has 0 aliphatic rings. The number of carboxylic acids is 1. The molecule has 0 aromatic carbocycles. The molecule has 0 aliphatic carbocycles. The van der Waals surface area contributed by atoms with Crippen LogP contribution in [0.3, 0.4) is 0 Å². The zero-order chi connectivity index (χ0) is 13.0. The van der Waals surface area contributed by atoms with E-state index in [9.17, 15) is 9.59 Å². The smallest absolute Gasteiger partial charge is 0.338 e. The lowest BCUT2D eigenvalue weighted by atomic mass is 10.2. The number of aromatic carboxylic acids is 1. The van der Waals surface area contributed by atoms with E-state index in [0.29, 0.717) is 5.69 Å². The summed E-state index contributed by atoms with van der Waals surface area (Å²) in [7, 11) is 0. The Morgan fingerprint density at radius 3 is 2.61 bits per heavy atom. The minimum Gasteiger partial charge on any atom is -0.478 e. The average Bonchev–Trinajstić information content (AvgIpc) is 2.40. The predicted octanol–water partition coefficient (Wildman–Crippen LogP) is 1.43. The molecule has 0 unspecified atom stereocenters. The van der Waals surface area contributed by atoms with Crippen LogP contribution in [0.25, 0.3) is 0 Å². The van der Waals surface area contributed by atoms with Crippen LogP contribution < -0.4 is 5.32 Å². The summed E-state index contributed by atoms with van der Waals surface area (Å²) in [5.41, 5.74) is 0.206. The average molecular weight is 243 g/mol. The molecule has 0 saturated carbocycles. The third-order valence-electron chi connectivity index (χ3n) is 2.17. The molecular formula is C12H9N3O3. The van der Waals surface area contributed by atoms with Crippen LogP contribution in [0, 0.1) is 0 Å². The van der Waals surface area contributed by atoms with E-state index in [-0.39, 0.29) is 11.3 Å². The number of carboxylic acid groups (broad SMARTS) is 1. The van der Waals surface area contributed by atoms with E-state index in [2.05, 4.69) is 15.3 Å². The lowest BCUT2D eigenvalue weighted by molar-refractivity contribution is 0.0691. The van der Waals surface area contributed by atoms with Crippen molar-refractivity contribution in [2.24, 2.45) is 0 Å². The third kappa shape index (κ3) is 2.49. The monoisotopic (exact) mass is 243 g/mol. The van der Waals surface area contributed by atoms with Crippen molar-refractivity contribution in [1.82, 2.24) is 9.97 Å². The molecule has 0 bridgehead atoms. The van der Waals surface area contributed by atoms with Gasteiger partial charge in [-0.25, -0.2) is 4.79 Å². The van der Waals surface area contributed by atoms with Crippen molar-refractivity contribution in [2.75, 3.05) is 5.32 Å². The molecule has 0 radical (unpaired) electrons.